The summed E-state index contributed by atoms with van der Waals surface area (Å²) in [6, 6.07) is 17.9. The zero-order valence-electron chi connectivity index (χ0n) is 13.7. The molecule has 4 nitrogen and oxygen atoms in total. The van der Waals surface area contributed by atoms with Crippen molar-refractivity contribution in [2.75, 3.05) is 17.2 Å². The van der Waals surface area contributed by atoms with Crippen LogP contribution in [0.1, 0.15) is 11.3 Å². The summed E-state index contributed by atoms with van der Waals surface area (Å²) in [5.41, 5.74) is 4.13. The summed E-state index contributed by atoms with van der Waals surface area (Å²) in [4.78, 5) is 18.9. The lowest BCUT2D eigenvalue weighted by molar-refractivity contribution is -0.116. The smallest absolute Gasteiger partial charge is 0.237 e. The minimum Gasteiger partial charge on any atom is -0.444 e. The van der Waals surface area contributed by atoms with Crippen molar-refractivity contribution in [3.8, 4) is 11.5 Å². The van der Waals surface area contributed by atoms with Crippen LogP contribution >= 0.6 is 11.8 Å². The van der Waals surface area contributed by atoms with Crippen LogP contribution < -0.4 is 4.90 Å². The molecule has 0 spiro atoms. The molecule has 0 saturated carbocycles. The first-order valence-corrected chi connectivity index (χ1v) is 9.42. The lowest BCUT2D eigenvalue weighted by atomic mass is 10.2. The van der Waals surface area contributed by atoms with Gasteiger partial charge in [-0.05, 0) is 30.2 Å². The Bertz CT molecular complexity index is 876. The average Bonchev–Trinajstić information content (AvgIpc) is 3.29. The van der Waals surface area contributed by atoms with Gasteiger partial charge in [0.2, 0.25) is 11.8 Å². The molecule has 2 aromatic carbocycles. The standard InChI is InChI=1S/C20H18N2O2S/c23-19(22-11-10-15-6-4-5-9-18(15)22)14-25-13-17-12-24-20(21-17)16-7-2-1-3-8-16/h1-9,12H,10-11,13-14H2. The molecule has 0 atom stereocenters. The highest BCUT2D eigenvalue weighted by molar-refractivity contribution is 7.99. The first kappa shape index (κ1) is 16.0. The fourth-order valence-electron chi connectivity index (χ4n) is 3.00. The summed E-state index contributed by atoms with van der Waals surface area (Å²) in [7, 11) is 0. The Hall–Kier alpha value is -2.53. The van der Waals surface area contributed by atoms with Gasteiger partial charge in [-0.2, -0.15) is 0 Å². The Labute approximate surface area is 150 Å². The van der Waals surface area contributed by atoms with Gasteiger partial charge in [0, 0.05) is 23.5 Å². The molecule has 2 heterocycles. The van der Waals surface area contributed by atoms with Gasteiger partial charge in [0.05, 0.1) is 11.4 Å². The van der Waals surface area contributed by atoms with Crippen LogP contribution in [0.15, 0.2) is 65.3 Å². The van der Waals surface area contributed by atoms with Crippen LogP contribution in [-0.2, 0) is 17.0 Å². The predicted octanol–water partition coefficient (Wildman–Crippen LogP) is 4.16. The number of hydrogen-bond acceptors (Lipinski definition) is 4. The summed E-state index contributed by atoms with van der Waals surface area (Å²) in [6.07, 6.45) is 2.61. The highest BCUT2D eigenvalue weighted by Crippen LogP contribution is 2.28. The molecular formula is C20H18N2O2S. The number of benzene rings is 2. The van der Waals surface area contributed by atoms with Gasteiger partial charge in [0.15, 0.2) is 0 Å². The maximum atomic E-state index is 12.5. The van der Waals surface area contributed by atoms with Gasteiger partial charge in [-0.3, -0.25) is 4.79 Å². The van der Waals surface area contributed by atoms with Crippen molar-refractivity contribution in [2.45, 2.75) is 12.2 Å². The van der Waals surface area contributed by atoms with E-state index in [0.29, 0.717) is 17.4 Å². The second-order valence-corrected chi connectivity index (χ2v) is 6.91. The number of rotatable bonds is 5. The van der Waals surface area contributed by atoms with Crippen LogP contribution in [0.5, 0.6) is 0 Å². The Morgan fingerprint density at radius 2 is 1.92 bits per heavy atom. The second kappa shape index (κ2) is 7.15. The van der Waals surface area contributed by atoms with Crippen molar-refractivity contribution < 1.29 is 9.21 Å². The van der Waals surface area contributed by atoms with E-state index in [9.17, 15) is 4.79 Å². The monoisotopic (exact) mass is 350 g/mol. The van der Waals surface area contributed by atoms with Gasteiger partial charge in [0.25, 0.3) is 0 Å². The predicted molar refractivity (Wildman–Crippen MR) is 101 cm³/mol. The number of aromatic nitrogens is 1. The topological polar surface area (TPSA) is 46.3 Å². The van der Waals surface area contributed by atoms with Crippen LogP contribution in [0.25, 0.3) is 11.5 Å². The normalized spacial score (nSPS) is 13.0. The molecule has 126 valence electrons. The molecule has 0 bridgehead atoms. The Balaban J connectivity index is 1.33. The van der Waals surface area contributed by atoms with Crippen LogP contribution in [0.4, 0.5) is 5.69 Å². The number of para-hydroxylation sites is 1. The molecule has 5 heteroatoms. The molecule has 1 aromatic heterocycles. The van der Waals surface area contributed by atoms with Crippen LogP contribution in [0, 0.1) is 0 Å². The highest BCUT2D eigenvalue weighted by Gasteiger charge is 2.23. The summed E-state index contributed by atoms with van der Waals surface area (Å²) >= 11 is 1.57. The molecule has 1 aliphatic heterocycles. The van der Waals surface area contributed by atoms with Crippen LogP contribution in [0.2, 0.25) is 0 Å². The van der Waals surface area contributed by atoms with Crippen molar-refractivity contribution in [2.24, 2.45) is 0 Å². The zero-order valence-corrected chi connectivity index (χ0v) is 14.5. The number of anilines is 1. The molecule has 0 saturated heterocycles. The number of carbonyl (C=O) groups excluding carboxylic acids is 1. The summed E-state index contributed by atoms with van der Waals surface area (Å²) < 4.78 is 5.53. The molecule has 0 unspecified atom stereocenters. The van der Waals surface area contributed by atoms with E-state index < -0.39 is 0 Å². The first-order valence-electron chi connectivity index (χ1n) is 8.27. The van der Waals surface area contributed by atoms with E-state index in [0.717, 1.165) is 29.9 Å². The maximum absolute atomic E-state index is 12.5. The van der Waals surface area contributed by atoms with Crippen molar-refractivity contribution in [1.29, 1.82) is 0 Å². The quantitative estimate of drug-likeness (QED) is 0.693. The maximum Gasteiger partial charge on any atom is 0.237 e. The number of oxazole rings is 1. The van der Waals surface area contributed by atoms with E-state index in [1.165, 1.54) is 5.56 Å². The number of nitrogens with zero attached hydrogens (tertiary/aromatic N) is 2. The Morgan fingerprint density at radius 3 is 2.80 bits per heavy atom. The fourth-order valence-corrected chi connectivity index (χ4v) is 3.78. The van der Waals surface area contributed by atoms with Gasteiger partial charge in [0.1, 0.15) is 6.26 Å². The van der Waals surface area contributed by atoms with Gasteiger partial charge in [-0.15, -0.1) is 11.8 Å². The Kier molecular flexibility index (Phi) is 4.57. The molecule has 0 fully saturated rings. The van der Waals surface area contributed by atoms with E-state index in [2.05, 4.69) is 11.1 Å². The number of hydrogen-bond donors (Lipinski definition) is 0. The third-order valence-corrected chi connectivity index (χ3v) is 5.19. The third-order valence-electron chi connectivity index (χ3n) is 4.24. The lowest BCUT2D eigenvalue weighted by Gasteiger charge is -2.16. The highest BCUT2D eigenvalue weighted by atomic mass is 32.2. The van der Waals surface area contributed by atoms with Crippen molar-refractivity contribution >= 4 is 23.4 Å². The number of thioether (sulfide) groups is 1. The molecule has 3 aromatic rings. The van der Waals surface area contributed by atoms with Gasteiger partial charge in [-0.1, -0.05) is 36.4 Å². The Morgan fingerprint density at radius 1 is 1.12 bits per heavy atom. The van der Waals surface area contributed by atoms with Gasteiger partial charge >= 0.3 is 0 Å². The van der Waals surface area contributed by atoms with Crippen molar-refractivity contribution in [1.82, 2.24) is 4.98 Å². The van der Waals surface area contributed by atoms with Crippen molar-refractivity contribution in [3.05, 3.63) is 72.1 Å². The minimum atomic E-state index is 0.154. The molecule has 0 N–H and O–H groups in total. The molecule has 1 aliphatic rings. The van der Waals surface area contributed by atoms with E-state index in [1.54, 1.807) is 18.0 Å². The molecular weight excluding hydrogens is 332 g/mol. The molecule has 0 aliphatic carbocycles. The van der Waals surface area contributed by atoms with Gasteiger partial charge in [-0.25, -0.2) is 4.98 Å². The average molecular weight is 350 g/mol. The lowest BCUT2D eigenvalue weighted by Crippen LogP contribution is -2.30. The molecule has 4 rings (SSSR count). The fraction of sp³-hybridized carbons (Fsp3) is 0.200. The number of fused-ring (bicyclic) bond motifs is 1. The van der Waals surface area contributed by atoms with E-state index in [-0.39, 0.29) is 5.91 Å². The SMILES string of the molecule is O=C(CSCc1coc(-c2ccccc2)n1)N1CCc2ccccc21. The zero-order chi connectivity index (χ0) is 17.1. The summed E-state index contributed by atoms with van der Waals surface area (Å²) in [5, 5.41) is 0. The van der Waals surface area contributed by atoms with E-state index in [1.807, 2.05) is 53.4 Å². The minimum absolute atomic E-state index is 0.154. The number of amides is 1. The van der Waals surface area contributed by atoms with E-state index in [4.69, 9.17) is 4.42 Å². The first-order chi connectivity index (χ1) is 12.3. The molecule has 25 heavy (non-hydrogen) atoms. The van der Waals surface area contributed by atoms with Crippen molar-refractivity contribution in [3.63, 3.8) is 0 Å². The second-order valence-electron chi connectivity index (χ2n) is 5.93. The third kappa shape index (κ3) is 3.46. The van der Waals surface area contributed by atoms with Gasteiger partial charge < -0.3 is 9.32 Å². The molecule has 0 radical (unpaired) electrons. The summed E-state index contributed by atoms with van der Waals surface area (Å²) in [6.45, 7) is 0.779. The molecule has 1 amide bonds. The number of carbonyl (C=O) groups is 1. The largest absolute Gasteiger partial charge is 0.444 e. The van der Waals surface area contributed by atoms with Crippen LogP contribution in [-0.4, -0.2) is 23.2 Å². The van der Waals surface area contributed by atoms with Crippen LogP contribution in [0.3, 0.4) is 0 Å². The summed E-state index contributed by atoms with van der Waals surface area (Å²) in [5.74, 6) is 1.89. The van der Waals surface area contributed by atoms with E-state index >= 15 is 0 Å².